The minimum atomic E-state index is -1.42. The quantitative estimate of drug-likeness (QED) is 0.115. The second-order valence-corrected chi connectivity index (χ2v) is 10.6. The Hall–Kier alpha value is -3.54. The van der Waals surface area contributed by atoms with Crippen LogP contribution in [0.3, 0.4) is 0 Å². The first-order chi connectivity index (χ1) is 19.8. The molecule has 1 aromatic carbocycles. The molecule has 3 N–H and O–H groups in total. The highest BCUT2D eigenvalue weighted by atomic mass is 16.8. The van der Waals surface area contributed by atoms with Crippen LogP contribution < -0.4 is 15.2 Å². The maximum atomic E-state index is 12.6. The molecule has 0 aromatic heterocycles. The SMILES string of the molecule is CCCC(C)OC(=O)Oc1ccc(C(C(C)COC(=O)OCC(C)CC)[C@H](N)C(=O)O)cc1OC(=O)OC(C)CCC. The summed E-state index contributed by atoms with van der Waals surface area (Å²) in [4.78, 5) is 49.0. The first-order valence-corrected chi connectivity index (χ1v) is 14.5. The number of rotatable bonds is 17. The molecule has 0 aliphatic carbocycles. The number of carboxylic acid groups (broad SMARTS) is 1. The third kappa shape index (κ3) is 13.0. The zero-order valence-corrected chi connectivity index (χ0v) is 25.8. The van der Waals surface area contributed by atoms with Crippen LogP contribution in [0, 0.1) is 11.8 Å². The van der Waals surface area contributed by atoms with Gasteiger partial charge in [0.15, 0.2) is 11.5 Å². The summed E-state index contributed by atoms with van der Waals surface area (Å²) in [5.74, 6) is -3.00. The van der Waals surface area contributed by atoms with Crippen molar-refractivity contribution in [3.8, 4) is 11.5 Å². The van der Waals surface area contributed by atoms with Gasteiger partial charge in [0.1, 0.15) is 18.2 Å². The van der Waals surface area contributed by atoms with Gasteiger partial charge in [0, 0.05) is 5.92 Å². The highest BCUT2D eigenvalue weighted by Crippen LogP contribution is 2.36. The number of carboxylic acids is 1. The Balaban J connectivity index is 3.30. The van der Waals surface area contributed by atoms with Gasteiger partial charge in [-0.05, 0) is 56.2 Å². The molecule has 6 atom stereocenters. The number of aliphatic carboxylic acids is 1. The summed E-state index contributed by atoms with van der Waals surface area (Å²) in [6.45, 7) is 12.9. The highest BCUT2D eigenvalue weighted by Gasteiger charge is 2.33. The molecule has 0 bridgehead atoms. The molecule has 5 unspecified atom stereocenters. The number of hydrogen-bond donors (Lipinski definition) is 2. The summed E-state index contributed by atoms with van der Waals surface area (Å²) in [5.41, 5.74) is 6.39. The number of nitrogens with two attached hydrogens (primary N) is 1. The summed E-state index contributed by atoms with van der Waals surface area (Å²) in [5, 5.41) is 9.73. The van der Waals surface area contributed by atoms with Crippen LogP contribution in [-0.4, -0.2) is 61.0 Å². The van der Waals surface area contributed by atoms with Crippen molar-refractivity contribution in [2.24, 2.45) is 17.6 Å². The third-order valence-electron chi connectivity index (χ3n) is 6.66. The van der Waals surface area contributed by atoms with E-state index in [9.17, 15) is 24.3 Å². The van der Waals surface area contributed by atoms with Gasteiger partial charge in [-0.1, -0.05) is 59.9 Å². The topological polar surface area (TPSA) is 170 Å². The Labute approximate surface area is 248 Å². The molecule has 0 heterocycles. The van der Waals surface area contributed by atoms with Gasteiger partial charge >= 0.3 is 24.4 Å². The van der Waals surface area contributed by atoms with E-state index >= 15 is 0 Å². The van der Waals surface area contributed by atoms with Crippen molar-refractivity contribution >= 4 is 24.4 Å². The molecule has 238 valence electrons. The van der Waals surface area contributed by atoms with Crippen molar-refractivity contribution in [2.75, 3.05) is 13.2 Å². The monoisotopic (exact) mass is 597 g/mol. The van der Waals surface area contributed by atoms with Crippen molar-refractivity contribution in [1.29, 1.82) is 0 Å². The molecule has 12 nitrogen and oxygen atoms in total. The minimum absolute atomic E-state index is 0.146. The molecule has 12 heteroatoms. The Bertz CT molecular complexity index is 1010. The molecule has 1 rings (SSSR count). The molecule has 0 saturated heterocycles. The van der Waals surface area contributed by atoms with Crippen molar-refractivity contribution in [3.63, 3.8) is 0 Å². The van der Waals surface area contributed by atoms with E-state index in [1.807, 2.05) is 27.7 Å². The van der Waals surface area contributed by atoms with Crippen LogP contribution in [0.2, 0.25) is 0 Å². The lowest BCUT2D eigenvalue weighted by atomic mass is 9.82. The lowest BCUT2D eigenvalue weighted by Crippen LogP contribution is -2.40. The van der Waals surface area contributed by atoms with Crippen LogP contribution in [-0.2, 0) is 23.7 Å². The predicted octanol–water partition coefficient (Wildman–Crippen LogP) is 6.43. The van der Waals surface area contributed by atoms with E-state index in [-0.39, 0.29) is 30.6 Å². The van der Waals surface area contributed by atoms with Gasteiger partial charge in [0.05, 0.1) is 13.2 Å². The first-order valence-electron chi connectivity index (χ1n) is 14.5. The standard InChI is InChI=1S/C30H47NO11/c1-8-11-20(6)39-29(35)41-23-14-13-22(15-24(23)42-30(36)40-21(7)12-9-2)25(26(31)27(32)33)19(5)17-38-28(34)37-16-18(4)10-3/h13-15,18-21,25-26H,8-12,16-17,31H2,1-7H3,(H,32,33)/t18?,19?,20?,21?,25?,26-/m0/s1. The molecule has 1 aromatic rings. The fraction of sp³-hybridized carbons (Fsp3) is 0.667. The molecule has 0 amide bonds. The van der Waals surface area contributed by atoms with Gasteiger partial charge in [-0.2, -0.15) is 0 Å². The molecular weight excluding hydrogens is 550 g/mol. The normalized spacial score (nSPS) is 15.2. The molecule has 0 saturated carbocycles. The minimum Gasteiger partial charge on any atom is -0.480 e. The van der Waals surface area contributed by atoms with Crippen LogP contribution in [0.15, 0.2) is 18.2 Å². The van der Waals surface area contributed by atoms with Crippen LogP contribution in [0.4, 0.5) is 14.4 Å². The Kier molecular flexibility index (Phi) is 16.3. The van der Waals surface area contributed by atoms with E-state index < -0.39 is 54.5 Å². The number of ether oxygens (including phenoxy) is 6. The van der Waals surface area contributed by atoms with Crippen molar-refractivity contribution in [1.82, 2.24) is 0 Å². The van der Waals surface area contributed by atoms with E-state index in [0.29, 0.717) is 18.4 Å². The van der Waals surface area contributed by atoms with Crippen molar-refractivity contribution in [3.05, 3.63) is 23.8 Å². The second kappa shape index (κ2) is 18.8. The van der Waals surface area contributed by atoms with Crippen LogP contribution >= 0.6 is 0 Å². The molecule has 0 aliphatic heterocycles. The summed E-state index contributed by atoms with van der Waals surface area (Å²) in [6, 6.07) is 2.75. The zero-order valence-electron chi connectivity index (χ0n) is 25.8. The number of hydrogen-bond acceptors (Lipinski definition) is 11. The van der Waals surface area contributed by atoms with E-state index in [1.165, 1.54) is 18.2 Å². The number of carbonyl (C=O) groups is 4. The third-order valence-corrected chi connectivity index (χ3v) is 6.66. The fourth-order valence-corrected chi connectivity index (χ4v) is 4.10. The molecular formula is C30H47NO11. The number of benzene rings is 1. The van der Waals surface area contributed by atoms with Crippen LogP contribution in [0.5, 0.6) is 11.5 Å². The van der Waals surface area contributed by atoms with Gasteiger partial charge in [-0.15, -0.1) is 0 Å². The lowest BCUT2D eigenvalue weighted by molar-refractivity contribution is -0.139. The van der Waals surface area contributed by atoms with Crippen LogP contribution in [0.25, 0.3) is 0 Å². The number of carbonyl (C=O) groups excluding carboxylic acids is 3. The summed E-state index contributed by atoms with van der Waals surface area (Å²) >= 11 is 0. The Morgan fingerprint density at radius 2 is 1.31 bits per heavy atom. The lowest BCUT2D eigenvalue weighted by Gasteiger charge is -2.28. The average Bonchev–Trinajstić information content (AvgIpc) is 2.91. The largest absolute Gasteiger partial charge is 0.514 e. The molecule has 0 aliphatic rings. The van der Waals surface area contributed by atoms with Gasteiger partial charge in [-0.3, -0.25) is 4.79 Å². The summed E-state index contributed by atoms with van der Waals surface area (Å²) < 4.78 is 31.6. The van der Waals surface area contributed by atoms with Gasteiger partial charge < -0.3 is 39.3 Å². The fourth-order valence-electron chi connectivity index (χ4n) is 4.10. The smallest absolute Gasteiger partial charge is 0.480 e. The first kappa shape index (κ1) is 36.5. The van der Waals surface area contributed by atoms with Crippen LogP contribution in [0.1, 0.15) is 92.1 Å². The van der Waals surface area contributed by atoms with Crippen molar-refractivity contribution in [2.45, 2.75) is 105 Å². The molecule has 0 spiro atoms. The molecule has 0 radical (unpaired) electrons. The summed E-state index contributed by atoms with van der Waals surface area (Å²) in [6.07, 6.45) is -0.125. The van der Waals surface area contributed by atoms with Gasteiger partial charge in [0.2, 0.25) is 0 Å². The highest BCUT2D eigenvalue weighted by molar-refractivity contribution is 5.75. The maximum absolute atomic E-state index is 12.6. The average molecular weight is 598 g/mol. The maximum Gasteiger partial charge on any atom is 0.514 e. The zero-order chi connectivity index (χ0) is 31.8. The van der Waals surface area contributed by atoms with Crippen molar-refractivity contribution < 1.29 is 52.7 Å². The van der Waals surface area contributed by atoms with Gasteiger partial charge in [0.25, 0.3) is 0 Å². The summed E-state index contributed by atoms with van der Waals surface area (Å²) in [7, 11) is 0. The van der Waals surface area contributed by atoms with E-state index in [1.54, 1.807) is 20.8 Å². The van der Waals surface area contributed by atoms with E-state index in [2.05, 4.69) is 0 Å². The second-order valence-electron chi connectivity index (χ2n) is 10.6. The predicted molar refractivity (Wildman–Crippen MR) is 154 cm³/mol. The van der Waals surface area contributed by atoms with E-state index in [0.717, 1.165) is 19.3 Å². The molecule has 0 fully saturated rings. The molecule has 42 heavy (non-hydrogen) atoms. The van der Waals surface area contributed by atoms with E-state index in [4.69, 9.17) is 34.2 Å². The van der Waals surface area contributed by atoms with Gasteiger partial charge in [-0.25, -0.2) is 14.4 Å². The Morgan fingerprint density at radius 1 is 0.786 bits per heavy atom. The Morgan fingerprint density at radius 3 is 1.81 bits per heavy atom.